The second-order valence-corrected chi connectivity index (χ2v) is 5.40. The van der Waals surface area contributed by atoms with E-state index in [0.717, 1.165) is 11.4 Å². The fourth-order valence-corrected chi connectivity index (χ4v) is 3.03. The molecule has 0 heterocycles. The molecule has 7 nitrogen and oxygen atoms in total. The monoisotopic (exact) mass is 267 g/mol. The lowest BCUT2D eigenvalue weighted by molar-refractivity contribution is -0.138. The summed E-state index contributed by atoms with van der Waals surface area (Å²) >= 11 is 0. The van der Waals surface area contributed by atoms with Gasteiger partial charge in [0.1, 0.15) is 0 Å². The predicted molar refractivity (Wildman–Crippen MR) is 59.9 cm³/mol. The Labute approximate surface area is 100 Å². The summed E-state index contributed by atoms with van der Waals surface area (Å²) in [6, 6.07) is -0.702. The van der Waals surface area contributed by atoms with Crippen molar-refractivity contribution in [2.24, 2.45) is 0 Å². The van der Waals surface area contributed by atoms with Crippen LogP contribution in [-0.4, -0.2) is 55.2 Å². The van der Waals surface area contributed by atoms with Crippen LogP contribution >= 0.6 is 0 Å². The van der Waals surface area contributed by atoms with Crippen LogP contribution in [-0.2, 0) is 24.3 Å². The van der Waals surface area contributed by atoms with E-state index in [0.29, 0.717) is 0 Å². The Morgan fingerprint density at radius 3 is 2.29 bits per heavy atom. The van der Waals surface area contributed by atoms with Crippen LogP contribution in [0, 0.1) is 0 Å². The molecule has 0 aliphatic heterocycles. The fourth-order valence-electron chi connectivity index (χ4n) is 1.43. The normalized spacial score (nSPS) is 13.4. The number of esters is 1. The van der Waals surface area contributed by atoms with Crippen molar-refractivity contribution in [3.05, 3.63) is 0 Å². The van der Waals surface area contributed by atoms with E-state index in [2.05, 4.69) is 4.74 Å². The highest BCUT2D eigenvalue weighted by atomic mass is 32.2. The molecule has 0 bridgehead atoms. The average Bonchev–Trinajstić information content (AvgIpc) is 2.15. The number of carbonyl (C=O) groups is 2. The summed E-state index contributed by atoms with van der Waals surface area (Å²) in [6.07, 6.45) is -0.311. The molecule has 0 saturated heterocycles. The number of hydrogen-bond donors (Lipinski definition) is 1. The SMILES string of the molecule is CCN(C(C)CC(=O)O)S(=O)(=O)CC(=O)OC. The van der Waals surface area contributed by atoms with Gasteiger partial charge in [0.05, 0.1) is 13.5 Å². The maximum Gasteiger partial charge on any atom is 0.322 e. The topological polar surface area (TPSA) is 101 Å². The van der Waals surface area contributed by atoms with E-state index in [9.17, 15) is 18.0 Å². The molecule has 0 spiro atoms. The second-order valence-electron chi connectivity index (χ2n) is 3.48. The smallest absolute Gasteiger partial charge is 0.322 e. The van der Waals surface area contributed by atoms with Crippen molar-refractivity contribution < 1.29 is 27.9 Å². The molecule has 0 saturated carbocycles. The van der Waals surface area contributed by atoms with E-state index in [1.165, 1.54) is 6.92 Å². The van der Waals surface area contributed by atoms with Crippen LogP contribution in [0.4, 0.5) is 0 Å². The molecule has 17 heavy (non-hydrogen) atoms. The second kappa shape index (κ2) is 6.55. The van der Waals surface area contributed by atoms with Gasteiger partial charge in [0.25, 0.3) is 0 Å². The molecule has 0 rings (SSSR count). The highest BCUT2D eigenvalue weighted by Gasteiger charge is 2.29. The number of methoxy groups -OCH3 is 1. The van der Waals surface area contributed by atoms with Crippen LogP contribution < -0.4 is 0 Å². The highest BCUT2D eigenvalue weighted by molar-refractivity contribution is 7.89. The van der Waals surface area contributed by atoms with Gasteiger partial charge in [-0.3, -0.25) is 9.59 Å². The van der Waals surface area contributed by atoms with Gasteiger partial charge in [-0.05, 0) is 6.92 Å². The van der Waals surface area contributed by atoms with Gasteiger partial charge in [0, 0.05) is 12.6 Å². The lowest BCUT2D eigenvalue weighted by Gasteiger charge is -2.25. The van der Waals surface area contributed by atoms with Gasteiger partial charge in [-0.15, -0.1) is 0 Å². The summed E-state index contributed by atoms with van der Waals surface area (Å²) in [7, 11) is -2.74. The summed E-state index contributed by atoms with van der Waals surface area (Å²) in [6.45, 7) is 3.16. The molecule has 1 unspecified atom stereocenters. The molecule has 8 heteroatoms. The van der Waals surface area contributed by atoms with E-state index in [-0.39, 0.29) is 13.0 Å². The highest BCUT2D eigenvalue weighted by Crippen LogP contribution is 2.11. The van der Waals surface area contributed by atoms with Gasteiger partial charge >= 0.3 is 11.9 Å². The Kier molecular flexibility index (Phi) is 6.11. The Bertz CT molecular complexity index is 377. The Hall–Kier alpha value is -1.15. The summed E-state index contributed by atoms with van der Waals surface area (Å²) in [4.78, 5) is 21.5. The molecule has 1 atom stereocenters. The third kappa shape index (κ3) is 5.14. The first-order valence-electron chi connectivity index (χ1n) is 5.02. The minimum Gasteiger partial charge on any atom is -0.481 e. The molecule has 0 radical (unpaired) electrons. The van der Waals surface area contributed by atoms with Crippen LogP contribution in [0.3, 0.4) is 0 Å². The average molecular weight is 267 g/mol. The molecule has 0 amide bonds. The van der Waals surface area contributed by atoms with Crippen molar-refractivity contribution >= 4 is 22.0 Å². The van der Waals surface area contributed by atoms with Crippen molar-refractivity contribution in [1.82, 2.24) is 4.31 Å². The fraction of sp³-hybridized carbons (Fsp3) is 0.778. The van der Waals surface area contributed by atoms with Crippen LogP contribution in [0.25, 0.3) is 0 Å². The van der Waals surface area contributed by atoms with E-state index < -0.39 is 33.8 Å². The lowest BCUT2D eigenvalue weighted by Crippen LogP contribution is -2.42. The van der Waals surface area contributed by atoms with Crippen LogP contribution in [0.1, 0.15) is 20.3 Å². The number of aliphatic carboxylic acids is 1. The molecule has 0 aromatic rings. The first-order valence-corrected chi connectivity index (χ1v) is 6.63. The number of sulfonamides is 1. The van der Waals surface area contributed by atoms with Crippen molar-refractivity contribution in [1.29, 1.82) is 0 Å². The Balaban J connectivity index is 4.85. The minimum absolute atomic E-state index is 0.105. The number of carbonyl (C=O) groups excluding carboxylic acids is 1. The zero-order valence-corrected chi connectivity index (χ0v) is 10.9. The quantitative estimate of drug-likeness (QED) is 0.634. The first-order chi connectivity index (χ1) is 7.74. The molecular weight excluding hydrogens is 250 g/mol. The molecule has 0 aliphatic carbocycles. The van der Waals surface area contributed by atoms with Crippen LogP contribution in [0.15, 0.2) is 0 Å². The van der Waals surface area contributed by atoms with Gasteiger partial charge in [-0.1, -0.05) is 6.92 Å². The molecular formula is C9H17NO6S. The molecule has 0 aromatic heterocycles. The molecule has 100 valence electrons. The van der Waals surface area contributed by atoms with Crippen LogP contribution in [0.2, 0.25) is 0 Å². The first kappa shape index (κ1) is 15.9. The number of rotatable bonds is 7. The standard InChI is InChI=1S/C9H17NO6S/c1-4-10(7(2)5-8(11)12)17(14,15)6-9(13)16-3/h7H,4-6H2,1-3H3,(H,11,12). The zero-order chi connectivity index (χ0) is 13.6. The summed E-state index contributed by atoms with van der Waals surface area (Å²) in [5.74, 6) is -2.74. The van der Waals surface area contributed by atoms with E-state index >= 15 is 0 Å². The predicted octanol–water partition coefficient (Wildman–Crippen LogP) is -0.326. The number of ether oxygens (including phenoxy) is 1. The summed E-state index contributed by atoms with van der Waals surface area (Å²) < 4.78 is 28.8. The van der Waals surface area contributed by atoms with Crippen molar-refractivity contribution in [2.75, 3.05) is 19.4 Å². The van der Waals surface area contributed by atoms with Crippen LogP contribution in [0.5, 0.6) is 0 Å². The Morgan fingerprint density at radius 1 is 1.41 bits per heavy atom. The van der Waals surface area contributed by atoms with Gasteiger partial charge < -0.3 is 9.84 Å². The summed E-state index contributed by atoms with van der Waals surface area (Å²) in [5, 5.41) is 8.61. The third-order valence-corrected chi connectivity index (χ3v) is 4.09. The Morgan fingerprint density at radius 2 is 1.94 bits per heavy atom. The summed E-state index contributed by atoms with van der Waals surface area (Å²) in [5.41, 5.74) is 0. The number of hydrogen-bond acceptors (Lipinski definition) is 5. The number of carboxylic acid groups (broad SMARTS) is 1. The zero-order valence-electron chi connectivity index (χ0n) is 10.0. The van der Waals surface area contributed by atoms with Crippen molar-refractivity contribution in [2.45, 2.75) is 26.3 Å². The van der Waals surface area contributed by atoms with E-state index in [4.69, 9.17) is 5.11 Å². The maximum atomic E-state index is 11.8. The molecule has 0 aliphatic rings. The third-order valence-electron chi connectivity index (χ3n) is 2.16. The largest absolute Gasteiger partial charge is 0.481 e. The molecule has 0 fully saturated rings. The van der Waals surface area contributed by atoms with E-state index in [1.807, 2.05) is 0 Å². The maximum absolute atomic E-state index is 11.8. The van der Waals surface area contributed by atoms with Gasteiger partial charge in [0.2, 0.25) is 10.0 Å². The molecule has 0 aromatic carbocycles. The lowest BCUT2D eigenvalue weighted by atomic mass is 10.2. The number of carboxylic acids is 1. The van der Waals surface area contributed by atoms with Gasteiger partial charge in [0.15, 0.2) is 5.75 Å². The van der Waals surface area contributed by atoms with Crippen molar-refractivity contribution in [3.63, 3.8) is 0 Å². The van der Waals surface area contributed by atoms with E-state index in [1.54, 1.807) is 6.92 Å². The van der Waals surface area contributed by atoms with Gasteiger partial charge in [-0.2, -0.15) is 4.31 Å². The molecule has 1 N–H and O–H groups in total. The van der Waals surface area contributed by atoms with Gasteiger partial charge in [-0.25, -0.2) is 8.42 Å². The van der Waals surface area contributed by atoms with Crippen molar-refractivity contribution in [3.8, 4) is 0 Å². The minimum atomic E-state index is -3.83. The number of nitrogens with zero attached hydrogens (tertiary/aromatic N) is 1.